The molecule has 0 unspecified atom stereocenters. The zero-order valence-corrected chi connectivity index (χ0v) is 10.2. The first-order chi connectivity index (χ1) is 7.22. The summed E-state index contributed by atoms with van der Waals surface area (Å²) in [6, 6.07) is 8.83. The van der Waals surface area contributed by atoms with Crippen molar-refractivity contribution in [2.75, 3.05) is 0 Å². The minimum atomic E-state index is 0.725. The molecule has 0 fully saturated rings. The average molecular weight is 202 g/mol. The fraction of sp³-hybridized carbons (Fsp3) is 0.467. The molecule has 0 spiro atoms. The Kier molecular flexibility index (Phi) is 5.17. The SMILES string of the molecule is CC[C@@H](C)/C=C\CCc1ccc(C)cc1. The average Bonchev–Trinajstić information content (AvgIpc) is 2.26. The summed E-state index contributed by atoms with van der Waals surface area (Å²) in [6.45, 7) is 6.63. The predicted molar refractivity (Wildman–Crippen MR) is 68.1 cm³/mol. The lowest BCUT2D eigenvalue weighted by Crippen LogP contribution is -1.86. The maximum absolute atomic E-state index is 2.33. The van der Waals surface area contributed by atoms with Crippen molar-refractivity contribution < 1.29 is 0 Å². The van der Waals surface area contributed by atoms with Gasteiger partial charge in [0, 0.05) is 0 Å². The van der Waals surface area contributed by atoms with Gasteiger partial charge in [-0.3, -0.25) is 0 Å². The van der Waals surface area contributed by atoms with Crippen LogP contribution in [0.15, 0.2) is 36.4 Å². The van der Waals surface area contributed by atoms with Gasteiger partial charge in [0.15, 0.2) is 0 Å². The molecule has 0 N–H and O–H groups in total. The molecule has 1 atom stereocenters. The number of allylic oxidation sites excluding steroid dienone is 2. The van der Waals surface area contributed by atoms with Gasteiger partial charge in [-0.15, -0.1) is 0 Å². The Morgan fingerprint density at radius 3 is 2.47 bits per heavy atom. The van der Waals surface area contributed by atoms with E-state index in [1.807, 2.05) is 0 Å². The first-order valence-electron chi connectivity index (χ1n) is 5.94. The monoisotopic (exact) mass is 202 g/mol. The summed E-state index contributed by atoms with van der Waals surface area (Å²) < 4.78 is 0. The van der Waals surface area contributed by atoms with Gasteiger partial charge in [-0.2, -0.15) is 0 Å². The largest absolute Gasteiger partial charge is 0.0879 e. The summed E-state index contributed by atoms with van der Waals surface area (Å²) in [5.41, 5.74) is 2.78. The molecule has 0 bridgehead atoms. The maximum atomic E-state index is 2.33. The Hall–Kier alpha value is -1.04. The highest BCUT2D eigenvalue weighted by molar-refractivity contribution is 5.21. The van der Waals surface area contributed by atoms with Crippen LogP contribution >= 0.6 is 0 Å². The van der Waals surface area contributed by atoms with E-state index in [2.05, 4.69) is 57.2 Å². The fourth-order valence-electron chi connectivity index (χ4n) is 1.47. The summed E-state index contributed by atoms with van der Waals surface area (Å²) in [5.74, 6) is 0.725. The van der Waals surface area contributed by atoms with E-state index >= 15 is 0 Å². The van der Waals surface area contributed by atoms with Crippen LogP contribution in [0.4, 0.5) is 0 Å². The van der Waals surface area contributed by atoms with E-state index in [1.165, 1.54) is 17.5 Å². The normalized spacial score (nSPS) is 13.3. The van der Waals surface area contributed by atoms with Crippen molar-refractivity contribution in [2.45, 2.75) is 40.0 Å². The summed E-state index contributed by atoms with van der Waals surface area (Å²) >= 11 is 0. The van der Waals surface area contributed by atoms with Crippen molar-refractivity contribution in [3.8, 4) is 0 Å². The van der Waals surface area contributed by atoms with Crippen LogP contribution in [-0.2, 0) is 6.42 Å². The van der Waals surface area contributed by atoms with Crippen molar-refractivity contribution in [3.05, 3.63) is 47.5 Å². The quantitative estimate of drug-likeness (QED) is 0.615. The number of hydrogen-bond donors (Lipinski definition) is 0. The third-order valence-electron chi connectivity index (χ3n) is 2.83. The lowest BCUT2D eigenvalue weighted by atomic mass is 10.1. The molecule has 1 aromatic carbocycles. The highest BCUT2D eigenvalue weighted by atomic mass is 14.0. The van der Waals surface area contributed by atoms with Gasteiger partial charge < -0.3 is 0 Å². The molecular weight excluding hydrogens is 180 g/mol. The van der Waals surface area contributed by atoms with Crippen LogP contribution in [0.3, 0.4) is 0 Å². The van der Waals surface area contributed by atoms with Crippen LogP contribution in [0.25, 0.3) is 0 Å². The molecule has 0 nitrogen and oxygen atoms in total. The van der Waals surface area contributed by atoms with E-state index in [0.717, 1.165) is 18.8 Å². The molecule has 0 saturated heterocycles. The van der Waals surface area contributed by atoms with Gasteiger partial charge in [0.25, 0.3) is 0 Å². The molecule has 0 radical (unpaired) electrons. The molecule has 82 valence electrons. The Balaban J connectivity index is 2.31. The molecule has 0 aliphatic rings. The third-order valence-corrected chi connectivity index (χ3v) is 2.83. The molecule has 0 amide bonds. The van der Waals surface area contributed by atoms with E-state index in [-0.39, 0.29) is 0 Å². The molecule has 15 heavy (non-hydrogen) atoms. The van der Waals surface area contributed by atoms with Gasteiger partial charge >= 0.3 is 0 Å². The van der Waals surface area contributed by atoms with Crippen molar-refractivity contribution >= 4 is 0 Å². The molecule has 0 aliphatic carbocycles. The smallest absolute Gasteiger partial charge is 0.0244 e. The number of hydrogen-bond acceptors (Lipinski definition) is 0. The number of aryl methyl sites for hydroxylation is 2. The first-order valence-corrected chi connectivity index (χ1v) is 5.94. The topological polar surface area (TPSA) is 0 Å². The minimum Gasteiger partial charge on any atom is -0.0879 e. The summed E-state index contributed by atoms with van der Waals surface area (Å²) in [4.78, 5) is 0. The van der Waals surface area contributed by atoms with Crippen molar-refractivity contribution in [1.29, 1.82) is 0 Å². The van der Waals surface area contributed by atoms with E-state index in [0.29, 0.717) is 0 Å². The third kappa shape index (κ3) is 4.83. The van der Waals surface area contributed by atoms with Gasteiger partial charge in [0.1, 0.15) is 0 Å². The summed E-state index contributed by atoms with van der Waals surface area (Å²) in [6.07, 6.45) is 8.20. The van der Waals surface area contributed by atoms with Gasteiger partial charge in [-0.05, 0) is 31.2 Å². The number of rotatable bonds is 5. The predicted octanol–water partition coefficient (Wildman–Crippen LogP) is 4.53. The minimum absolute atomic E-state index is 0.725. The zero-order chi connectivity index (χ0) is 11.1. The van der Waals surface area contributed by atoms with E-state index in [1.54, 1.807) is 0 Å². The summed E-state index contributed by atoms with van der Waals surface area (Å²) in [5, 5.41) is 0. The van der Waals surface area contributed by atoms with E-state index in [4.69, 9.17) is 0 Å². The molecule has 0 heteroatoms. The lowest BCUT2D eigenvalue weighted by molar-refractivity contribution is 0.694. The Morgan fingerprint density at radius 2 is 1.87 bits per heavy atom. The molecule has 0 aromatic heterocycles. The standard InChI is InChI=1S/C15H22/c1-4-13(2)7-5-6-8-15-11-9-14(3)10-12-15/h5,7,9-13H,4,6,8H2,1-3H3/b7-5-/t13-/m1/s1. The van der Waals surface area contributed by atoms with Crippen LogP contribution in [-0.4, -0.2) is 0 Å². The molecule has 0 aliphatic heterocycles. The first kappa shape index (κ1) is 12.0. The zero-order valence-electron chi connectivity index (χ0n) is 10.2. The Labute approximate surface area is 94.0 Å². The van der Waals surface area contributed by atoms with Crippen LogP contribution in [0.1, 0.15) is 37.8 Å². The van der Waals surface area contributed by atoms with Crippen molar-refractivity contribution in [3.63, 3.8) is 0 Å². The van der Waals surface area contributed by atoms with Crippen molar-refractivity contribution in [1.82, 2.24) is 0 Å². The van der Waals surface area contributed by atoms with Crippen LogP contribution in [0.2, 0.25) is 0 Å². The lowest BCUT2D eigenvalue weighted by Gasteiger charge is -2.01. The van der Waals surface area contributed by atoms with Crippen LogP contribution in [0, 0.1) is 12.8 Å². The second-order valence-electron chi connectivity index (χ2n) is 4.34. The highest BCUT2D eigenvalue weighted by Gasteiger charge is 1.92. The van der Waals surface area contributed by atoms with Gasteiger partial charge in [0.05, 0.1) is 0 Å². The van der Waals surface area contributed by atoms with Crippen molar-refractivity contribution in [2.24, 2.45) is 5.92 Å². The Morgan fingerprint density at radius 1 is 1.20 bits per heavy atom. The van der Waals surface area contributed by atoms with Gasteiger partial charge in [0.2, 0.25) is 0 Å². The molecule has 0 saturated carbocycles. The molecule has 1 aromatic rings. The van der Waals surface area contributed by atoms with Crippen LogP contribution in [0.5, 0.6) is 0 Å². The number of benzene rings is 1. The second-order valence-corrected chi connectivity index (χ2v) is 4.34. The van der Waals surface area contributed by atoms with Gasteiger partial charge in [-0.1, -0.05) is 62.2 Å². The van der Waals surface area contributed by atoms with Crippen LogP contribution < -0.4 is 0 Å². The molecule has 0 heterocycles. The molecular formula is C15H22. The highest BCUT2D eigenvalue weighted by Crippen LogP contribution is 2.08. The summed E-state index contributed by atoms with van der Waals surface area (Å²) in [7, 11) is 0. The van der Waals surface area contributed by atoms with E-state index in [9.17, 15) is 0 Å². The maximum Gasteiger partial charge on any atom is -0.0244 e. The van der Waals surface area contributed by atoms with E-state index < -0.39 is 0 Å². The van der Waals surface area contributed by atoms with Gasteiger partial charge in [-0.25, -0.2) is 0 Å². The fourth-order valence-corrected chi connectivity index (χ4v) is 1.47. The molecule has 1 rings (SSSR count). The second kappa shape index (κ2) is 6.44. The Bertz CT molecular complexity index is 292.